The number of aliphatic imine (C=N–C) groups is 1. The molecular weight excluding hydrogens is 180 g/mol. The Morgan fingerprint density at radius 1 is 1.89 bits per heavy atom. The highest BCUT2D eigenvalue weighted by atomic mass is 79.9. The van der Waals surface area contributed by atoms with E-state index in [1.54, 1.807) is 6.21 Å². The third-order valence-corrected chi connectivity index (χ3v) is 1.64. The maximum Gasteiger partial charge on any atom is 0.136 e. The molecule has 1 unspecified atom stereocenters. The van der Waals surface area contributed by atoms with Gasteiger partial charge in [0.25, 0.3) is 0 Å². The summed E-state index contributed by atoms with van der Waals surface area (Å²) in [4.78, 5) is 4.17. The highest BCUT2D eigenvalue weighted by Crippen LogP contribution is 2.11. The van der Waals surface area contributed by atoms with Gasteiger partial charge in [0, 0.05) is 6.21 Å². The smallest absolute Gasteiger partial charge is 0.136 e. The van der Waals surface area contributed by atoms with Crippen LogP contribution in [0.3, 0.4) is 0 Å². The molecule has 0 bridgehead atoms. The van der Waals surface area contributed by atoms with Gasteiger partial charge in [-0.2, -0.15) is 5.26 Å². The van der Waals surface area contributed by atoms with Crippen LogP contribution in [0.1, 0.15) is 6.42 Å². The first kappa shape index (κ1) is 6.50. The van der Waals surface area contributed by atoms with E-state index < -0.39 is 0 Å². The molecule has 0 N–H and O–H groups in total. The average molecular weight is 185 g/mol. The van der Waals surface area contributed by atoms with Crippen LogP contribution in [0, 0.1) is 11.3 Å². The van der Waals surface area contributed by atoms with E-state index in [0.29, 0.717) is 10.5 Å². The van der Waals surface area contributed by atoms with Gasteiger partial charge in [-0.1, -0.05) is 15.9 Å². The number of hydrogen-bond donors (Lipinski definition) is 0. The Balaban J connectivity index is 2.66. The maximum atomic E-state index is 8.33. The second-order valence-corrected chi connectivity index (χ2v) is 2.91. The summed E-state index contributed by atoms with van der Waals surface area (Å²) in [7, 11) is 0. The summed E-state index contributed by atoms with van der Waals surface area (Å²) >= 11 is 3.34. The summed E-state index contributed by atoms with van der Waals surface area (Å²) in [5.74, 6) is 0. The Kier molecular flexibility index (Phi) is 2.01. The fraction of sp³-hybridized carbons (Fsp3) is 0.333. The molecule has 9 heavy (non-hydrogen) atoms. The van der Waals surface area contributed by atoms with Gasteiger partial charge >= 0.3 is 0 Å². The van der Waals surface area contributed by atoms with Crippen molar-refractivity contribution in [1.82, 2.24) is 0 Å². The molecule has 1 rings (SSSR count). The van der Waals surface area contributed by atoms with Gasteiger partial charge in [0.05, 0.1) is 4.83 Å². The van der Waals surface area contributed by atoms with Crippen molar-refractivity contribution in [3.05, 3.63) is 11.8 Å². The van der Waals surface area contributed by atoms with Gasteiger partial charge in [0.15, 0.2) is 0 Å². The predicted octanol–water partition coefficient (Wildman–Crippen LogP) is 1.63. The molecule has 0 aromatic carbocycles. The van der Waals surface area contributed by atoms with Gasteiger partial charge in [0.1, 0.15) is 11.8 Å². The molecule has 2 nitrogen and oxygen atoms in total. The molecule has 46 valence electrons. The number of nitrogens with zero attached hydrogens (tertiary/aromatic N) is 2. The summed E-state index contributed by atoms with van der Waals surface area (Å²) < 4.78 is 0. The highest BCUT2D eigenvalue weighted by Gasteiger charge is 2.03. The third-order valence-electron chi connectivity index (χ3n) is 1.03. The Morgan fingerprint density at radius 2 is 2.67 bits per heavy atom. The summed E-state index contributed by atoms with van der Waals surface area (Å²) in [6, 6.07) is 1.97. The van der Waals surface area contributed by atoms with Crippen molar-refractivity contribution in [3.63, 3.8) is 0 Å². The molecule has 0 aromatic heterocycles. The molecule has 1 aliphatic rings. The molecule has 0 amide bonds. The van der Waals surface area contributed by atoms with E-state index in [2.05, 4.69) is 20.9 Å². The Hall–Kier alpha value is -0.620. The van der Waals surface area contributed by atoms with Gasteiger partial charge in [0.2, 0.25) is 0 Å². The Labute approximate surface area is 62.0 Å². The maximum absolute atomic E-state index is 8.33. The second-order valence-electron chi connectivity index (χ2n) is 1.73. The number of allylic oxidation sites excluding steroid dienone is 2. The molecule has 0 saturated heterocycles. The van der Waals surface area contributed by atoms with Crippen LogP contribution in [-0.4, -0.2) is 11.0 Å². The normalized spacial score (nSPS) is 24.9. The Bertz CT molecular complexity index is 200. The van der Waals surface area contributed by atoms with Crippen LogP contribution >= 0.6 is 15.9 Å². The van der Waals surface area contributed by atoms with Crippen molar-refractivity contribution < 1.29 is 0 Å². The van der Waals surface area contributed by atoms with Crippen LogP contribution in [0.5, 0.6) is 0 Å². The summed E-state index contributed by atoms with van der Waals surface area (Å²) in [6.07, 6.45) is 4.42. The minimum absolute atomic E-state index is 0.314. The van der Waals surface area contributed by atoms with Crippen molar-refractivity contribution >= 4 is 22.1 Å². The molecule has 0 spiro atoms. The van der Waals surface area contributed by atoms with E-state index in [0.717, 1.165) is 6.42 Å². The molecule has 0 aromatic rings. The van der Waals surface area contributed by atoms with E-state index in [9.17, 15) is 0 Å². The first-order valence-electron chi connectivity index (χ1n) is 2.61. The zero-order chi connectivity index (χ0) is 6.69. The quantitative estimate of drug-likeness (QED) is 0.528. The lowest BCUT2D eigenvalue weighted by atomic mass is 10.2. The van der Waals surface area contributed by atoms with E-state index in [1.807, 2.05) is 12.1 Å². The van der Waals surface area contributed by atoms with Crippen LogP contribution in [0.25, 0.3) is 0 Å². The summed E-state index contributed by atoms with van der Waals surface area (Å²) in [6.45, 7) is 0. The van der Waals surface area contributed by atoms with Gasteiger partial charge < -0.3 is 0 Å². The lowest BCUT2D eigenvalue weighted by Crippen LogP contribution is -2.01. The number of hydrogen-bond acceptors (Lipinski definition) is 2. The van der Waals surface area contributed by atoms with Gasteiger partial charge in [-0.3, -0.25) is 0 Å². The minimum atomic E-state index is 0.314. The monoisotopic (exact) mass is 184 g/mol. The third kappa shape index (κ3) is 1.65. The van der Waals surface area contributed by atoms with Crippen molar-refractivity contribution in [3.8, 4) is 6.07 Å². The van der Waals surface area contributed by atoms with Gasteiger partial charge in [-0.05, 0) is 12.5 Å². The molecule has 0 fully saturated rings. The molecule has 0 aliphatic carbocycles. The molecule has 0 radical (unpaired) electrons. The molecule has 1 aliphatic heterocycles. The van der Waals surface area contributed by atoms with Crippen molar-refractivity contribution in [2.24, 2.45) is 4.99 Å². The predicted molar refractivity (Wildman–Crippen MR) is 39.5 cm³/mol. The van der Waals surface area contributed by atoms with Crippen LogP contribution in [-0.2, 0) is 0 Å². The number of halogens is 1. The van der Waals surface area contributed by atoms with Crippen LogP contribution in [0.4, 0.5) is 0 Å². The van der Waals surface area contributed by atoms with Crippen molar-refractivity contribution in [2.45, 2.75) is 11.2 Å². The molecule has 0 saturated carbocycles. The van der Waals surface area contributed by atoms with Gasteiger partial charge in [-0.25, -0.2) is 4.99 Å². The molecular formula is C6H5BrN2. The van der Waals surface area contributed by atoms with Crippen LogP contribution in [0.15, 0.2) is 16.8 Å². The van der Waals surface area contributed by atoms with Gasteiger partial charge in [-0.15, -0.1) is 0 Å². The lowest BCUT2D eigenvalue weighted by molar-refractivity contribution is 1.09. The highest BCUT2D eigenvalue weighted by molar-refractivity contribution is 9.09. The van der Waals surface area contributed by atoms with Crippen LogP contribution in [0.2, 0.25) is 0 Å². The van der Waals surface area contributed by atoms with E-state index in [1.165, 1.54) is 0 Å². The molecule has 1 heterocycles. The Morgan fingerprint density at radius 3 is 3.11 bits per heavy atom. The average Bonchev–Trinajstić information content (AvgIpc) is 1.90. The zero-order valence-corrected chi connectivity index (χ0v) is 6.30. The standard InChI is InChI=1S/C6H5BrN2/c7-5-1-2-6(3-8)9-4-5/h2,4-5H,1H2. The largest absolute Gasteiger partial charge is 0.249 e. The topological polar surface area (TPSA) is 36.1 Å². The van der Waals surface area contributed by atoms with E-state index >= 15 is 0 Å². The number of alkyl halides is 1. The van der Waals surface area contributed by atoms with Crippen molar-refractivity contribution in [2.75, 3.05) is 0 Å². The molecule has 1 atom stereocenters. The van der Waals surface area contributed by atoms with E-state index in [-0.39, 0.29) is 0 Å². The molecule has 3 heteroatoms. The summed E-state index contributed by atoms with van der Waals surface area (Å²) in [5.41, 5.74) is 0.519. The summed E-state index contributed by atoms with van der Waals surface area (Å²) in [5, 5.41) is 8.33. The fourth-order valence-electron chi connectivity index (χ4n) is 0.573. The van der Waals surface area contributed by atoms with Crippen LogP contribution < -0.4 is 0 Å². The van der Waals surface area contributed by atoms with E-state index in [4.69, 9.17) is 5.26 Å². The number of nitriles is 1. The van der Waals surface area contributed by atoms with Crippen molar-refractivity contribution in [1.29, 1.82) is 5.26 Å². The zero-order valence-electron chi connectivity index (χ0n) is 4.71. The first-order valence-corrected chi connectivity index (χ1v) is 3.53. The fourth-order valence-corrected chi connectivity index (χ4v) is 0.879. The minimum Gasteiger partial charge on any atom is -0.249 e. The number of rotatable bonds is 0. The lowest BCUT2D eigenvalue weighted by Gasteiger charge is -2.02. The second kappa shape index (κ2) is 2.79. The SMILES string of the molecule is N#CC1=CCC(Br)C=N1. The first-order chi connectivity index (χ1) is 4.33.